The van der Waals surface area contributed by atoms with Crippen molar-refractivity contribution in [3.8, 4) is 0 Å². The number of fused-ring (bicyclic) bond motifs is 2. The first-order valence-corrected chi connectivity index (χ1v) is 13.3. The number of rotatable bonds is 5. The van der Waals surface area contributed by atoms with Crippen molar-refractivity contribution in [1.29, 1.82) is 0 Å². The molecule has 2 unspecified atom stereocenters. The normalized spacial score (nSPS) is 31.2. The van der Waals surface area contributed by atoms with Crippen LogP contribution in [0.2, 0.25) is 5.04 Å². The van der Waals surface area contributed by atoms with E-state index in [1.54, 1.807) is 0 Å². The maximum Gasteiger partial charge on any atom is 0.261 e. The molecule has 3 aliphatic rings. The third-order valence-electron chi connectivity index (χ3n) is 7.04. The predicted molar refractivity (Wildman–Crippen MR) is 125 cm³/mol. The minimum absolute atomic E-state index is 0.0396. The molecule has 2 saturated heterocycles. The summed E-state index contributed by atoms with van der Waals surface area (Å²) in [5.41, 5.74) is -0.933. The number of hydrogen-bond acceptors (Lipinski definition) is 5. The zero-order valence-electron chi connectivity index (χ0n) is 19.5. The second-order valence-electron chi connectivity index (χ2n) is 10.6. The molecule has 2 aliphatic heterocycles. The Kier molecular flexibility index (Phi) is 5.04. The molecule has 0 bridgehead atoms. The Labute approximate surface area is 191 Å². The van der Waals surface area contributed by atoms with Crippen molar-refractivity contribution in [2.75, 3.05) is 6.61 Å². The maximum atomic E-state index is 13.5. The highest BCUT2D eigenvalue weighted by atomic mass is 28.4. The highest BCUT2D eigenvalue weighted by molar-refractivity contribution is 6.99. The van der Waals surface area contributed by atoms with Crippen molar-refractivity contribution < 1.29 is 23.4 Å². The number of epoxide rings is 1. The summed E-state index contributed by atoms with van der Waals surface area (Å²) in [6, 6.07) is 20.9. The van der Waals surface area contributed by atoms with Gasteiger partial charge >= 0.3 is 0 Å². The molecule has 1 aliphatic carbocycles. The largest absolute Gasteiger partial charge is 0.404 e. The first-order chi connectivity index (χ1) is 15.1. The van der Waals surface area contributed by atoms with E-state index < -0.39 is 25.8 Å². The predicted octanol–water partition coefficient (Wildman–Crippen LogP) is 3.19. The second kappa shape index (κ2) is 7.34. The molecule has 32 heavy (non-hydrogen) atoms. The Balaban J connectivity index is 1.51. The van der Waals surface area contributed by atoms with Crippen LogP contribution in [-0.4, -0.2) is 50.4 Å². The Bertz CT molecular complexity index is 960. The fraction of sp³-hybridized carbons (Fsp3) is 0.500. The molecule has 3 fully saturated rings. The number of carbonyl (C=O) groups excluding carboxylic acids is 1. The van der Waals surface area contributed by atoms with Gasteiger partial charge in [0, 0.05) is 6.42 Å². The third-order valence-corrected chi connectivity index (χ3v) is 12.0. The minimum Gasteiger partial charge on any atom is -0.404 e. The molecule has 2 heterocycles. The number of ketones is 1. The fourth-order valence-electron chi connectivity index (χ4n) is 5.53. The van der Waals surface area contributed by atoms with Crippen LogP contribution in [0.4, 0.5) is 0 Å². The van der Waals surface area contributed by atoms with Gasteiger partial charge < -0.3 is 18.6 Å². The quantitative estimate of drug-likeness (QED) is 0.515. The molecule has 2 aromatic carbocycles. The van der Waals surface area contributed by atoms with Gasteiger partial charge in [-0.15, -0.1) is 0 Å². The molecule has 0 amide bonds. The summed E-state index contributed by atoms with van der Waals surface area (Å²) in [6.07, 6.45) is -0.353. The molecule has 6 heteroatoms. The molecule has 0 spiro atoms. The number of carbonyl (C=O) groups is 1. The molecule has 2 aromatic rings. The summed E-state index contributed by atoms with van der Waals surface area (Å²) in [5.74, 6) is -0.788. The van der Waals surface area contributed by atoms with Crippen molar-refractivity contribution in [3.05, 3.63) is 60.7 Å². The van der Waals surface area contributed by atoms with Crippen LogP contribution in [0, 0.1) is 0 Å². The van der Waals surface area contributed by atoms with Crippen molar-refractivity contribution in [3.63, 3.8) is 0 Å². The Morgan fingerprint density at radius 1 is 0.938 bits per heavy atom. The van der Waals surface area contributed by atoms with E-state index >= 15 is 0 Å². The Morgan fingerprint density at radius 2 is 1.50 bits per heavy atom. The zero-order valence-corrected chi connectivity index (χ0v) is 20.5. The lowest BCUT2D eigenvalue weighted by Crippen LogP contribution is -2.67. The third kappa shape index (κ3) is 3.32. The molecule has 0 N–H and O–H groups in total. The van der Waals surface area contributed by atoms with Crippen molar-refractivity contribution in [2.24, 2.45) is 0 Å². The van der Waals surface area contributed by atoms with Crippen molar-refractivity contribution in [1.82, 2.24) is 0 Å². The van der Waals surface area contributed by atoms with E-state index in [-0.39, 0.29) is 29.6 Å². The number of ether oxygens (including phenoxy) is 3. The highest BCUT2D eigenvalue weighted by Gasteiger charge is 2.72. The van der Waals surface area contributed by atoms with Crippen LogP contribution < -0.4 is 10.4 Å². The minimum atomic E-state index is -2.75. The van der Waals surface area contributed by atoms with Gasteiger partial charge in [0.1, 0.15) is 12.2 Å². The van der Waals surface area contributed by atoms with Gasteiger partial charge in [0.2, 0.25) is 5.78 Å². The summed E-state index contributed by atoms with van der Waals surface area (Å²) in [7, 11) is -2.75. The first kappa shape index (κ1) is 22.0. The van der Waals surface area contributed by atoms with Crippen molar-refractivity contribution in [2.45, 2.75) is 75.8 Å². The first-order valence-electron chi connectivity index (χ1n) is 11.4. The lowest BCUT2D eigenvalue weighted by molar-refractivity contribution is -0.157. The van der Waals surface area contributed by atoms with Gasteiger partial charge in [-0.2, -0.15) is 0 Å². The standard InChI is InChI=1S/C26H32O5Si/c1-24(2,3)32(18-12-8-6-9-13-18,19-14-10-7-11-15-19)28-17-26-21(30-26)16-20-22(23(26)27)31-25(4,5)29-20/h6-15,20-22H,16-17H2,1-5H3/t20?,21-,22+,26?/m0/s1. The second-order valence-corrected chi connectivity index (χ2v) is 14.9. The van der Waals surface area contributed by atoms with Gasteiger partial charge in [-0.25, -0.2) is 0 Å². The van der Waals surface area contributed by atoms with Gasteiger partial charge in [0.15, 0.2) is 11.4 Å². The van der Waals surface area contributed by atoms with Gasteiger partial charge in [-0.1, -0.05) is 81.4 Å². The molecule has 170 valence electrons. The van der Waals surface area contributed by atoms with Crippen LogP contribution in [0.3, 0.4) is 0 Å². The molecule has 5 nitrogen and oxygen atoms in total. The molecule has 4 atom stereocenters. The molecule has 0 radical (unpaired) electrons. The Hall–Kier alpha value is -1.83. The number of Topliss-reactive ketones (excluding diaryl/α,β-unsaturated/α-hetero) is 1. The number of hydrogen-bond donors (Lipinski definition) is 0. The monoisotopic (exact) mass is 452 g/mol. The van der Waals surface area contributed by atoms with Crippen LogP contribution in [0.1, 0.15) is 41.0 Å². The smallest absolute Gasteiger partial charge is 0.261 e. The summed E-state index contributed by atoms with van der Waals surface area (Å²) in [5, 5.41) is 2.22. The van der Waals surface area contributed by atoms with Crippen LogP contribution in [0.5, 0.6) is 0 Å². The maximum absolute atomic E-state index is 13.5. The van der Waals surface area contributed by atoms with E-state index in [0.29, 0.717) is 6.42 Å². The Morgan fingerprint density at radius 3 is 2.03 bits per heavy atom. The summed E-state index contributed by atoms with van der Waals surface area (Å²) < 4.78 is 25.0. The lowest BCUT2D eigenvalue weighted by Gasteiger charge is -2.43. The SMILES string of the molecule is CC1(C)OC2C[C@@H]3OC3(CO[Si](c3ccccc3)(c3ccccc3)C(C)(C)C)C(=O)[C@@H]2O1. The lowest BCUT2D eigenvalue weighted by atomic mass is 9.84. The average Bonchev–Trinajstić information content (AvgIpc) is 3.37. The van der Waals surface area contributed by atoms with Crippen LogP contribution >= 0.6 is 0 Å². The van der Waals surface area contributed by atoms with E-state index in [1.807, 2.05) is 26.0 Å². The summed E-state index contributed by atoms with van der Waals surface area (Å²) in [6.45, 7) is 10.6. The van der Waals surface area contributed by atoms with Crippen LogP contribution in [0.25, 0.3) is 0 Å². The van der Waals surface area contributed by atoms with Crippen LogP contribution in [0.15, 0.2) is 60.7 Å². The van der Waals surface area contributed by atoms with Gasteiger partial charge in [-0.05, 0) is 29.3 Å². The fourth-order valence-corrected chi connectivity index (χ4v) is 10.1. The zero-order chi connectivity index (χ0) is 22.8. The van der Waals surface area contributed by atoms with Gasteiger partial charge in [0.05, 0.1) is 12.7 Å². The average molecular weight is 453 g/mol. The van der Waals surface area contributed by atoms with Crippen molar-refractivity contribution >= 4 is 24.5 Å². The summed E-state index contributed by atoms with van der Waals surface area (Å²) in [4.78, 5) is 13.5. The van der Waals surface area contributed by atoms with E-state index in [9.17, 15) is 4.79 Å². The van der Waals surface area contributed by atoms with Gasteiger partial charge in [-0.3, -0.25) is 4.79 Å². The number of benzene rings is 2. The molecule has 5 rings (SSSR count). The van der Waals surface area contributed by atoms with Gasteiger partial charge in [0.25, 0.3) is 8.32 Å². The van der Waals surface area contributed by atoms with E-state index in [2.05, 4.69) is 69.3 Å². The summed E-state index contributed by atoms with van der Waals surface area (Å²) >= 11 is 0. The van der Waals surface area contributed by atoms with E-state index in [0.717, 1.165) is 0 Å². The van der Waals surface area contributed by atoms with Crippen LogP contribution in [-0.2, 0) is 23.4 Å². The van der Waals surface area contributed by atoms with E-state index in [1.165, 1.54) is 10.4 Å². The highest BCUT2D eigenvalue weighted by Crippen LogP contribution is 2.51. The topological polar surface area (TPSA) is 57.3 Å². The molecule has 0 aromatic heterocycles. The molecule has 1 saturated carbocycles. The molecular formula is C26H32O5Si. The molecular weight excluding hydrogens is 420 g/mol. The van der Waals surface area contributed by atoms with E-state index in [4.69, 9.17) is 18.6 Å².